The number of non-ortho nitro benzene ring substituents is 1. The Labute approximate surface area is 122 Å². The largest absolute Gasteiger partial charge is 0.478 e. The number of anilines is 1. The number of hydrogen-bond acceptors (Lipinski definition) is 5. The summed E-state index contributed by atoms with van der Waals surface area (Å²) >= 11 is 0. The molecule has 1 aliphatic heterocycles. The van der Waals surface area contributed by atoms with Crippen LogP contribution in [0.25, 0.3) is 0 Å². The summed E-state index contributed by atoms with van der Waals surface area (Å²) in [5.74, 6) is -1.06. The number of hydrogen-bond donors (Lipinski definition) is 1. The van der Waals surface area contributed by atoms with Crippen molar-refractivity contribution < 1.29 is 14.8 Å². The molecule has 0 bridgehead atoms. The fourth-order valence-electron chi connectivity index (χ4n) is 2.67. The molecule has 1 unspecified atom stereocenters. The molecule has 0 radical (unpaired) electrons. The Kier molecular flexibility index (Phi) is 4.42. The van der Waals surface area contributed by atoms with Gasteiger partial charge in [-0.3, -0.25) is 10.1 Å². The van der Waals surface area contributed by atoms with E-state index in [1.54, 1.807) is 0 Å². The second kappa shape index (κ2) is 6.09. The van der Waals surface area contributed by atoms with Crippen molar-refractivity contribution in [1.29, 1.82) is 0 Å². The SMILES string of the molecule is CN(C)C1CCCN(c2cc([N+](=O)[O-])ccc2C(=O)O)C1. The van der Waals surface area contributed by atoms with E-state index >= 15 is 0 Å². The van der Waals surface area contributed by atoms with Gasteiger partial charge in [-0.2, -0.15) is 0 Å². The lowest BCUT2D eigenvalue weighted by molar-refractivity contribution is -0.384. The first-order chi connectivity index (χ1) is 9.90. The number of aromatic carboxylic acids is 1. The molecule has 0 aromatic heterocycles. The van der Waals surface area contributed by atoms with Crippen LogP contribution in [-0.2, 0) is 0 Å². The Morgan fingerprint density at radius 2 is 2.19 bits per heavy atom. The van der Waals surface area contributed by atoms with Crippen LogP contribution >= 0.6 is 0 Å². The molecule has 1 heterocycles. The summed E-state index contributed by atoms with van der Waals surface area (Å²) in [6.45, 7) is 1.39. The number of benzene rings is 1. The molecule has 21 heavy (non-hydrogen) atoms. The van der Waals surface area contributed by atoms with Gasteiger partial charge in [-0.15, -0.1) is 0 Å². The van der Waals surface area contributed by atoms with Crippen LogP contribution in [0.1, 0.15) is 23.2 Å². The van der Waals surface area contributed by atoms with Crippen LogP contribution in [0.3, 0.4) is 0 Å². The third-order valence-electron chi connectivity index (χ3n) is 3.89. The molecule has 1 atom stereocenters. The number of carboxylic acid groups (broad SMARTS) is 1. The maximum atomic E-state index is 11.4. The Morgan fingerprint density at radius 3 is 2.76 bits per heavy atom. The van der Waals surface area contributed by atoms with Crippen LogP contribution in [0.5, 0.6) is 0 Å². The number of rotatable bonds is 4. The van der Waals surface area contributed by atoms with Gasteiger partial charge in [-0.1, -0.05) is 0 Å². The highest BCUT2D eigenvalue weighted by molar-refractivity contribution is 5.95. The lowest BCUT2D eigenvalue weighted by Crippen LogP contribution is -2.45. The molecule has 0 saturated carbocycles. The molecule has 1 aromatic carbocycles. The first kappa shape index (κ1) is 15.2. The van der Waals surface area contributed by atoms with E-state index in [9.17, 15) is 20.0 Å². The third kappa shape index (κ3) is 3.30. The normalized spacial score (nSPS) is 18.8. The van der Waals surface area contributed by atoms with Gasteiger partial charge in [0, 0.05) is 31.3 Å². The van der Waals surface area contributed by atoms with Gasteiger partial charge >= 0.3 is 5.97 Å². The molecule has 0 aliphatic carbocycles. The van der Waals surface area contributed by atoms with Gasteiger partial charge in [0.15, 0.2) is 0 Å². The monoisotopic (exact) mass is 293 g/mol. The van der Waals surface area contributed by atoms with Gasteiger partial charge in [-0.25, -0.2) is 4.79 Å². The van der Waals surface area contributed by atoms with Crippen LogP contribution in [0, 0.1) is 10.1 Å². The van der Waals surface area contributed by atoms with Gasteiger partial charge in [0.25, 0.3) is 5.69 Å². The molecule has 1 fully saturated rings. The maximum absolute atomic E-state index is 11.4. The Morgan fingerprint density at radius 1 is 1.48 bits per heavy atom. The number of piperidine rings is 1. The summed E-state index contributed by atoms with van der Waals surface area (Å²) < 4.78 is 0. The third-order valence-corrected chi connectivity index (χ3v) is 3.89. The van der Waals surface area contributed by atoms with E-state index in [-0.39, 0.29) is 11.3 Å². The van der Waals surface area contributed by atoms with E-state index in [4.69, 9.17) is 0 Å². The molecule has 0 spiro atoms. The molecule has 1 aromatic rings. The highest BCUT2D eigenvalue weighted by atomic mass is 16.6. The second-order valence-electron chi connectivity index (χ2n) is 5.47. The highest BCUT2D eigenvalue weighted by Gasteiger charge is 2.26. The van der Waals surface area contributed by atoms with E-state index in [0.717, 1.165) is 12.8 Å². The molecule has 1 N–H and O–H groups in total. The van der Waals surface area contributed by atoms with Crippen molar-refractivity contribution >= 4 is 17.3 Å². The van der Waals surface area contributed by atoms with E-state index in [0.29, 0.717) is 24.8 Å². The highest BCUT2D eigenvalue weighted by Crippen LogP contribution is 2.29. The fraction of sp³-hybridized carbons (Fsp3) is 0.500. The van der Waals surface area contributed by atoms with Crippen molar-refractivity contribution in [1.82, 2.24) is 4.90 Å². The molecular weight excluding hydrogens is 274 g/mol. The van der Waals surface area contributed by atoms with Crippen LogP contribution in [0.2, 0.25) is 0 Å². The van der Waals surface area contributed by atoms with Gasteiger partial charge in [-0.05, 0) is 33.0 Å². The van der Waals surface area contributed by atoms with E-state index in [2.05, 4.69) is 4.90 Å². The lowest BCUT2D eigenvalue weighted by atomic mass is 10.0. The quantitative estimate of drug-likeness (QED) is 0.673. The van der Waals surface area contributed by atoms with Crippen molar-refractivity contribution in [2.75, 3.05) is 32.1 Å². The van der Waals surface area contributed by atoms with Gasteiger partial charge < -0.3 is 14.9 Å². The zero-order valence-corrected chi connectivity index (χ0v) is 12.2. The average molecular weight is 293 g/mol. The number of carbonyl (C=O) groups is 1. The van der Waals surface area contributed by atoms with Crippen LogP contribution < -0.4 is 4.90 Å². The Bertz CT molecular complexity index is 559. The summed E-state index contributed by atoms with van der Waals surface area (Å²) in [6, 6.07) is 4.23. The molecule has 7 nitrogen and oxygen atoms in total. The number of nitro benzene ring substituents is 1. The second-order valence-corrected chi connectivity index (χ2v) is 5.47. The Balaban J connectivity index is 2.37. The van der Waals surface area contributed by atoms with Crippen LogP contribution in [0.15, 0.2) is 18.2 Å². The zero-order chi connectivity index (χ0) is 15.6. The van der Waals surface area contributed by atoms with Gasteiger partial charge in [0.2, 0.25) is 0 Å². The standard InChI is InChI=1S/C14H19N3O4/c1-15(2)11-4-3-7-16(9-11)13-8-10(17(20)21)5-6-12(13)14(18)19/h5-6,8,11H,3-4,7,9H2,1-2H3,(H,18,19). The predicted molar refractivity (Wildman–Crippen MR) is 79.0 cm³/mol. The molecule has 0 amide bonds. The average Bonchev–Trinajstić information content (AvgIpc) is 2.46. The first-order valence-electron chi connectivity index (χ1n) is 6.83. The molecule has 2 rings (SSSR count). The van der Waals surface area contributed by atoms with Crippen LogP contribution in [0.4, 0.5) is 11.4 Å². The fourth-order valence-corrected chi connectivity index (χ4v) is 2.67. The topological polar surface area (TPSA) is 86.9 Å². The Hall–Kier alpha value is -2.15. The minimum Gasteiger partial charge on any atom is -0.478 e. The smallest absolute Gasteiger partial charge is 0.337 e. The van der Waals surface area contributed by atoms with E-state index in [1.807, 2.05) is 19.0 Å². The molecule has 1 aliphatic rings. The first-order valence-corrected chi connectivity index (χ1v) is 6.83. The van der Waals surface area contributed by atoms with Crippen molar-refractivity contribution in [2.24, 2.45) is 0 Å². The minimum absolute atomic E-state index is 0.0815. The number of nitrogens with zero attached hydrogens (tertiary/aromatic N) is 3. The molecule has 114 valence electrons. The van der Waals surface area contributed by atoms with Crippen molar-refractivity contribution in [2.45, 2.75) is 18.9 Å². The summed E-state index contributed by atoms with van der Waals surface area (Å²) in [4.78, 5) is 25.8. The van der Waals surface area contributed by atoms with E-state index < -0.39 is 10.9 Å². The summed E-state index contributed by atoms with van der Waals surface area (Å²) in [5, 5.41) is 20.2. The van der Waals surface area contributed by atoms with E-state index in [1.165, 1.54) is 18.2 Å². The van der Waals surface area contributed by atoms with Crippen molar-refractivity contribution in [3.05, 3.63) is 33.9 Å². The number of likely N-dealkylation sites (N-methyl/N-ethyl adjacent to an activating group) is 1. The van der Waals surface area contributed by atoms with Gasteiger partial charge in [0.05, 0.1) is 16.2 Å². The summed E-state index contributed by atoms with van der Waals surface area (Å²) in [6.07, 6.45) is 1.98. The van der Waals surface area contributed by atoms with Crippen LogP contribution in [-0.4, -0.2) is 54.1 Å². The molecule has 7 heteroatoms. The zero-order valence-electron chi connectivity index (χ0n) is 12.2. The number of carboxylic acids is 1. The maximum Gasteiger partial charge on any atom is 0.337 e. The lowest BCUT2D eigenvalue weighted by Gasteiger charge is -2.37. The summed E-state index contributed by atoms with van der Waals surface area (Å²) in [7, 11) is 3.97. The molecular formula is C14H19N3O4. The summed E-state index contributed by atoms with van der Waals surface area (Å²) in [5.41, 5.74) is 0.463. The predicted octanol–water partition coefficient (Wildman–Crippen LogP) is 1.82. The minimum atomic E-state index is -1.06. The van der Waals surface area contributed by atoms with Gasteiger partial charge in [0.1, 0.15) is 0 Å². The molecule has 1 saturated heterocycles. The van der Waals surface area contributed by atoms with Crippen molar-refractivity contribution in [3.8, 4) is 0 Å². The van der Waals surface area contributed by atoms with Crippen molar-refractivity contribution in [3.63, 3.8) is 0 Å². The number of nitro groups is 1.